The van der Waals surface area contributed by atoms with Crippen molar-refractivity contribution < 1.29 is 27.0 Å². The summed E-state index contributed by atoms with van der Waals surface area (Å²) in [5, 5.41) is 21.1. The van der Waals surface area contributed by atoms with Gasteiger partial charge in [0.1, 0.15) is 0 Å². The predicted octanol–water partition coefficient (Wildman–Crippen LogP) is 1.56. The average Bonchev–Trinajstić information content (AvgIpc) is 3.30. The van der Waals surface area contributed by atoms with Gasteiger partial charge in [0.2, 0.25) is 20.0 Å². The fourth-order valence-electron chi connectivity index (χ4n) is 4.70. The maximum atomic E-state index is 13.0. The van der Waals surface area contributed by atoms with Crippen LogP contribution in [0, 0.1) is 0 Å². The van der Waals surface area contributed by atoms with Crippen molar-refractivity contribution >= 4 is 20.0 Å². The highest BCUT2D eigenvalue weighted by Crippen LogP contribution is 2.33. The topological polar surface area (TPSA) is 133 Å². The summed E-state index contributed by atoms with van der Waals surface area (Å²) >= 11 is 0. The van der Waals surface area contributed by atoms with Crippen LogP contribution in [0.2, 0.25) is 0 Å². The number of nitrogens with one attached hydrogen (secondary N) is 2. The number of benzene rings is 3. The van der Waals surface area contributed by atoms with Crippen molar-refractivity contribution in [3.63, 3.8) is 0 Å². The van der Waals surface area contributed by atoms with E-state index in [4.69, 9.17) is 0 Å². The van der Waals surface area contributed by atoms with Gasteiger partial charge in [0.15, 0.2) is 0 Å². The quantitative estimate of drug-likeness (QED) is 0.406. The van der Waals surface area contributed by atoms with Crippen molar-refractivity contribution in [3.05, 3.63) is 95.1 Å². The second-order valence-corrected chi connectivity index (χ2v) is 12.1. The summed E-state index contributed by atoms with van der Waals surface area (Å²) in [5.74, 6) is 0. The molecule has 0 saturated carbocycles. The molecule has 34 heavy (non-hydrogen) atoms. The third kappa shape index (κ3) is 4.17. The summed E-state index contributed by atoms with van der Waals surface area (Å²) in [6.07, 6.45) is -1.33. The molecule has 0 heterocycles. The molecule has 0 aliphatic heterocycles. The molecule has 10 heteroatoms. The van der Waals surface area contributed by atoms with Crippen LogP contribution < -0.4 is 9.44 Å². The highest BCUT2D eigenvalue weighted by Gasteiger charge is 2.36. The first-order valence-electron chi connectivity index (χ1n) is 10.8. The number of sulfonamides is 2. The number of aliphatic hydroxyl groups is 2. The summed E-state index contributed by atoms with van der Waals surface area (Å²) in [6.45, 7) is 0. The summed E-state index contributed by atoms with van der Waals surface area (Å²) < 4.78 is 57.1. The molecule has 0 bridgehead atoms. The zero-order chi connectivity index (χ0) is 24.1. The summed E-state index contributed by atoms with van der Waals surface area (Å²) in [7, 11) is -8.22. The molecular formula is C24H24N2O6S2. The largest absolute Gasteiger partial charge is 0.387 e. The molecule has 3 aromatic carbocycles. The van der Waals surface area contributed by atoms with Crippen molar-refractivity contribution in [2.24, 2.45) is 0 Å². The van der Waals surface area contributed by atoms with Crippen molar-refractivity contribution in [1.29, 1.82) is 0 Å². The lowest BCUT2D eigenvalue weighted by molar-refractivity contribution is 0.152. The molecule has 0 radical (unpaired) electrons. The fourth-order valence-corrected chi connectivity index (χ4v) is 7.35. The number of aliphatic hydroxyl groups excluding tert-OH is 2. The smallest absolute Gasteiger partial charge is 0.240 e. The van der Waals surface area contributed by atoms with Gasteiger partial charge in [-0.05, 0) is 53.3 Å². The zero-order valence-electron chi connectivity index (χ0n) is 18.0. The summed E-state index contributed by atoms with van der Waals surface area (Å²) in [6, 6.07) is 17.9. The van der Waals surface area contributed by atoms with Gasteiger partial charge in [-0.2, -0.15) is 0 Å². The maximum absolute atomic E-state index is 13.0. The van der Waals surface area contributed by atoms with Crippen LogP contribution in [-0.2, 0) is 32.9 Å². The second-order valence-electron chi connectivity index (χ2n) is 8.63. The molecule has 4 atom stereocenters. The number of hydrogen-bond acceptors (Lipinski definition) is 6. The van der Waals surface area contributed by atoms with Gasteiger partial charge in [0.25, 0.3) is 0 Å². The van der Waals surface area contributed by atoms with Gasteiger partial charge in [0, 0.05) is 0 Å². The van der Waals surface area contributed by atoms with Crippen LogP contribution in [0.15, 0.2) is 82.6 Å². The SMILES string of the molecule is O=S(=O)(N[C@H]1Cc2ccccc2[C@H]1O)c1cccc(S(=O)(=O)N[C@H]2Cc3ccccc3[C@H]2O)c1. The molecule has 8 nitrogen and oxygen atoms in total. The van der Waals surface area contributed by atoms with Gasteiger partial charge in [-0.25, -0.2) is 26.3 Å². The van der Waals surface area contributed by atoms with E-state index >= 15 is 0 Å². The van der Waals surface area contributed by atoms with Crippen LogP contribution in [0.4, 0.5) is 0 Å². The van der Waals surface area contributed by atoms with E-state index in [2.05, 4.69) is 9.44 Å². The van der Waals surface area contributed by atoms with Gasteiger partial charge in [-0.3, -0.25) is 0 Å². The monoisotopic (exact) mass is 500 g/mol. The Labute approximate surface area is 198 Å². The Balaban J connectivity index is 1.35. The van der Waals surface area contributed by atoms with Crippen molar-refractivity contribution in [2.75, 3.05) is 0 Å². The Morgan fingerprint density at radius 2 is 1.03 bits per heavy atom. The first kappa shape index (κ1) is 23.2. The Kier molecular flexibility index (Phi) is 5.83. The van der Waals surface area contributed by atoms with E-state index in [0.29, 0.717) is 24.0 Å². The number of rotatable bonds is 6. The Morgan fingerprint density at radius 3 is 1.44 bits per heavy atom. The molecule has 2 aliphatic carbocycles. The first-order chi connectivity index (χ1) is 16.2. The zero-order valence-corrected chi connectivity index (χ0v) is 19.6. The third-order valence-corrected chi connectivity index (χ3v) is 9.40. The van der Waals surface area contributed by atoms with Crippen LogP contribution in [0.1, 0.15) is 34.5 Å². The molecular weight excluding hydrogens is 476 g/mol. The summed E-state index contributed by atoms with van der Waals surface area (Å²) in [5.41, 5.74) is 3.07. The van der Waals surface area contributed by atoms with Crippen LogP contribution in [0.25, 0.3) is 0 Å². The molecule has 178 valence electrons. The van der Waals surface area contributed by atoms with E-state index in [1.54, 1.807) is 24.3 Å². The Hall–Kier alpha value is -2.60. The molecule has 0 fully saturated rings. The lowest BCUT2D eigenvalue weighted by Crippen LogP contribution is -2.38. The van der Waals surface area contributed by atoms with E-state index < -0.39 is 44.3 Å². The van der Waals surface area contributed by atoms with E-state index in [-0.39, 0.29) is 9.79 Å². The second kappa shape index (κ2) is 8.56. The minimum atomic E-state index is -4.11. The molecule has 5 rings (SSSR count). The van der Waals surface area contributed by atoms with Crippen LogP contribution in [-0.4, -0.2) is 39.1 Å². The van der Waals surface area contributed by atoms with E-state index in [1.165, 1.54) is 18.2 Å². The van der Waals surface area contributed by atoms with Crippen LogP contribution in [0.5, 0.6) is 0 Å². The average molecular weight is 501 g/mol. The predicted molar refractivity (Wildman–Crippen MR) is 125 cm³/mol. The summed E-state index contributed by atoms with van der Waals surface area (Å²) in [4.78, 5) is -0.456. The normalized spacial score (nSPS) is 24.1. The van der Waals surface area contributed by atoms with Crippen LogP contribution >= 0.6 is 0 Å². The molecule has 4 N–H and O–H groups in total. The van der Waals surface area contributed by atoms with Gasteiger partial charge in [-0.1, -0.05) is 54.6 Å². The van der Waals surface area contributed by atoms with E-state index in [0.717, 1.165) is 17.2 Å². The molecule has 0 spiro atoms. The van der Waals surface area contributed by atoms with Gasteiger partial charge in [0.05, 0.1) is 34.1 Å². The van der Waals surface area contributed by atoms with Crippen LogP contribution in [0.3, 0.4) is 0 Å². The van der Waals surface area contributed by atoms with Gasteiger partial charge in [-0.15, -0.1) is 0 Å². The lowest BCUT2D eigenvalue weighted by Gasteiger charge is -2.19. The van der Waals surface area contributed by atoms with E-state index in [9.17, 15) is 27.0 Å². The third-order valence-electron chi connectivity index (χ3n) is 6.43. The molecule has 0 saturated heterocycles. The minimum absolute atomic E-state index is 0.228. The molecule has 0 aromatic heterocycles. The molecule has 0 amide bonds. The Bertz CT molecular complexity index is 1350. The molecule has 2 aliphatic rings. The highest BCUT2D eigenvalue weighted by molar-refractivity contribution is 7.90. The molecule has 3 aromatic rings. The van der Waals surface area contributed by atoms with Crippen molar-refractivity contribution in [1.82, 2.24) is 9.44 Å². The molecule has 0 unspecified atom stereocenters. The number of hydrogen-bond donors (Lipinski definition) is 4. The Morgan fingerprint density at radius 1 is 0.618 bits per heavy atom. The standard InChI is InChI=1S/C24H24N2O6S2/c27-23-19-10-3-1-6-15(19)12-21(23)25-33(29,30)17-8-5-9-18(14-17)34(31,32)26-22-13-16-7-2-4-11-20(16)24(22)28/h1-11,14,21-28H,12-13H2/t21-,22-,23+,24+/m0/s1. The van der Waals surface area contributed by atoms with E-state index in [1.807, 2.05) is 24.3 Å². The highest BCUT2D eigenvalue weighted by atomic mass is 32.2. The van der Waals surface area contributed by atoms with Gasteiger partial charge < -0.3 is 10.2 Å². The van der Waals surface area contributed by atoms with Gasteiger partial charge >= 0.3 is 0 Å². The lowest BCUT2D eigenvalue weighted by atomic mass is 10.1. The minimum Gasteiger partial charge on any atom is -0.387 e. The number of fused-ring (bicyclic) bond motifs is 2. The van der Waals surface area contributed by atoms with Crippen molar-refractivity contribution in [3.8, 4) is 0 Å². The first-order valence-corrected chi connectivity index (χ1v) is 13.8. The van der Waals surface area contributed by atoms with Crippen molar-refractivity contribution in [2.45, 2.75) is 46.9 Å². The maximum Gasteiger partial charge on any atom is 0.240 e. The fraction of sp³-hybridized carbons (Fsp3) is 0.250.